The van der Waals surface area contributed by atoms with E-state index < -0.39 is 0 Å². The highest BCUT2D eigenvalue weighted by Crippen LogP contribution is 2.24. The first-order chi connectivity index (χ1) is 10.5. The molecule has 2 aromatic carbocycles. The zero-order valence-electron chi connectivity index (χ0n) is 11.5. The minimum Gasteiger partial charge on any atom is -0.496 e. The van der Waals surface area contributed by atoms with Crippen LogP contribution in [0.3, 0.4) is 0 Å². The van der Waals surface area contributed by atoms with Gasteiger partial charge in [-0.05, 0) is 65.1 Å². The fourth-order valence-corrected chi connectivity index (χ4v) is 2.85. The third-order valence-electron chi connectivity index (χ3n) is 2.76. The number of hydrogen-bond donors (Lipinski definition) is 2. The molecule has 0 saturated carbocycles. The Morgan fingerprint density at radius 1 is 1.27 bits per heavy atom. The Balaban J connectivity index is 2.07. The topological polar surface area (TPSA) is 50.4 Å². The molecule has 2 N–H and O–H groups in total. The van der Waals surface area contributed by atoms with E-state index in [1.807, 2.05) is 6.07 Å². The molecule has 0 fully saturated rings. The highest BCUT2D eigenvalue weighted by Gasteiger charge is 2.13. The van der Waals surface area contributed by atoms with Crippen molar-refractivity contribution in [2.24, 2.45) is 0 Å². The summed E-state index contributed by atoms with van der Waals surface area (Å²) in [5, 5.41) is 6.20. The number of carbonyl (C=O) groups is 1. The van der Waals surface area contributed by atoms with Crippen molar-refractivity contribution in [2.75, 3.05) is 12.4 Å². The summed E-state index contributed by atoms with van der Waals surface area (Å²) in [6.07, 6.45) is 0. The van der Waals surface area contributed by atoms with Gasteiger partial charge >= 0.3 is 0 Å². The number of para-hydroxylation sites is 1. The predicted molar refractivity (Wildman–Crippen MR) is 101 cm³/mol. The number of methoxy groups -OCH3 is 1. The fourth-order valence-electron chi connectivity index (χ4n) is 1.75. The molecular formula is C15H12ClIN2O2S. The van der Waals surface area contributed by atoms with Crippen molar-refractivity contribution in [3.8, 4) is 5.75 Å². The van der Waals surface area contributed by atoms with Crippen LogP contribution in [-0.2, 0) is 0 Å². The normalized spacial score (nSPS) is 9.95. The average Bonchev–Trinajstić information content (AvgIpc) is 2.50. The molecule has 22 heavy (non-hydrogen) atoms. The highest BCUT2D eigenvalue weighted by molar-refractivity contribution is 14.1. The largest absolute Gasteiger partial charge is 0.496 e. The minimum atomic E-state index is -0.350. The van der Waals surface area contributed by atoms with Crippen LogP contribution in [0.4, 0.5) is 5.69 Å². The van der Waals surface area contributed by atoms with E-state index in [1.165, 1.54) is 7.11 Å². The zero-order chi connectivity index (χ0) is 16.1. The van der Waals surface area contributed by atoms with Crippen LogP contribution in [-0.4, -0.2) is 18.1 Å². The molecule has 0 radical (unpaired) electrons. The van der Waals surface area contributed by atoms with Crippen molar-refractivity contribution >= 4 is 63.1 Å². The summed E-state index contributed by atoms with van der Waals surface area (Å²) in [5.41, 5.74) is 1.04. The van der Waals surface area contributed by atoms with Gasteiger partial charge in [-0.15, -0.1) is 0 Å². The molecule has 0 aliphatic rings. The number of hydrogen-bond acceptors (Lipinski definition) is 3. The van der Waals surface area contributed by atoms with Gasteiger partial charge in [0.15, 0.2) is 5.11 Å². The maximum Gasteiger partial charge on any atom is 0.261 e. The van der Waals surface area contributed by atoms with E-state index in [-0.39, 0.29) is 11.0 Å². The van der Waals surface area contributed by atoms with Crippen molar-refractivity contribution in [3.63, 3.8) is 0 Å². The number of amides is 1. The molecule has 0 heterocycles. The minimum absolute atomic E-state index is 0.166. The number of thiocarbonyl (C=S) groups is 1. The summed E-state index contributed by atoms with van der Waals surface area (Å²) in [6.45, 7) is 0. The average molecular weight is 447 g/mol. The molecule has 0 aliphatic heterocycles. The van der Waals surface area contributed by atoms with E-state index in [1.54, 1.807) is 36.4 Å². The SMILES string of the molecule is COc1ccccc1C(=O)NC(=S)Nc1ccc(I)cc1Cl. The Bertz CT molecular complexity index is 724. The number of carbonyl (C=O) groups excluding carboxylic acids is 1. The van der Waals surface area contributed by atoms with Crippen LogP contribution in [0.2, 0.25) is 5.02 Å². The van der Waals surface area contributed by atoms with Crippen LogP contribution in [0, 0.1) is 3.57 Å². The van der Waals surface area contributed by atoms with Gasteiger partial charge in [0.1, 0.15) is 5.75 Å². The van der Waals surface area contributed by atoms with E-state index in [2.05, 4.69) is 33.2 Å². The lowest BCUT2D eigenvalue weighted by Crippen LogP contribution is -2.34. The lowest BCUT2D eigenvalue weighted by Gasteiger charge is -2.12. The number of rotatable bonds is 3. The molecule has 2 aromatic rings. The van der Waals surface area contributed by atoms with Crippen LogP contribution in [0.1, 0.15) is 10.4 Å². The van der Waals surface area contributed by atoms with Gasteiger partial charge in [-0.2, -0.15) is 0 Å². The monoisotopic (exact) mass is 446 g/mol. The van der Waals surface area contributed by atoms with Gasteiger partial charge in [0.25, 0.3) is 5.91 Å². The van der Waals surface area contributed by atoms with Crippen molar-refractivity contribution in [1.82, 2.24) is 5.32 Å². The Morgan fingerprint density at radius 3 is 2.68 bits per heavy atom. The van der Waals surface area contributed by atoms with Gasteiger partial charge in [0.2, 0.25) is 0 Å². The third kappa shape index (κ3) is 4.31. The second kappa shape index (κ2) is 7.75. The standard InChI is InChI=1S/C15H12ClIN2O2S/c1-21-13-5-3-2-4-10(13)14(20)19-15(22)18-12-7-6-9(17)8-11(12)16/h2-8H,1H3,(H2,18,19,20,22). The number of nitrogens with one attached hydrogen (secondary N) is 2. The van der Waals surface area contributed by atoms with Crippen molar-refractivity contribution in [3.05, 3.63) is 56.6 Å². The molecule has 0 aliphatic carbocycles. The van der Waals surface area contributed by atoms with Crippen molar-refractivity contribution in [1.29, 1.82) is 0 Å². The summed E-state index contributed by atoms with van der Waals surface area (Å²) < 4.78 is 6.16. The van der Waals surface area contributed by atoms with Gasteiger partial charge in [0, 0.05) is 3.57 Å². The van der Waals surface area contributed by atoms with Gasteiger partial charge in [0.05, 0.1) is 23.4 Å². The third-order valence-corrected chi connectivity index (χ3v) is 3.95. The van der Waals surface area contributed by atoms with E-state index in [0.717, 1.165) is 3.57 Å². The van der Waals surface area contributed by atoms with Crippen LogP contribution >= 0.6 is 46.4 Å². The number of ether oxygens (including phenoxy) is 1. The van der Waals surface area contributed by atoms with E-state index in [4.69, 9.17) is 28.6 Å². The van der Waals surface area contributed by atoms with Gasteiger partial charge in [-0.3, -0.25) is 10.1 Å². The fraction of sp³-hybridized carbons (Fsp3) is 0.0667. The van der Waals surface area contributed by atoms with E-state index >= 15 is 0 Å². The first-order valence-corrected chi connectivity index (χ1v) is 8.08. The quantitative estimate of drug-likeness (QED) is 0.551. The smallest absolute Gasteiger partial charge is 0.261 e. The molecule has 0 bridgehead atoms. The predicted octanol–water partition coefficient (Wildman–Crippen LogP) is 4.08. The number of halogens is 2. The first kappa shape index (κ1) is 17.0. The number of benzene rings is 2. The van der Waals surface area contributed by atoms with Crippen molar-refractivity contribution < 1.29 is 9.53 Å². The van der Waals surface area contributed by atoms with Crippen LogP contribution in [0.5, 0.6) is 5.75 Å². The maximum absolute atomic E-state index is 12.2. The Kier molecular flexibility index (Phi) is 5.98. The summed E-state index contributed by atoms with van der Waals surface area (Å²) in [5.74, 6) is 0.131. The molecule has 1 amide bonds. The molecule has 0 saturated heterocycles. The van der Waals surface area contributed by atoms with Gasteiger partial charge in [-0.25, -0.2) is 0 Å². The summed E-state index contributed by atoms with van der Waals surface area (Å²) in [6, 6.07) is 12.4. The van der Waals surface area contributed by atoms with Gasteiger partial charge < -0.3 is 10.1 Å². The van der Waals surface area contributed by atoms with Crippen LogP contribution in [0.15, 0.2) is 42.5 Å². The summed E-state index contributed by atoms with van der Waals surface area (Å²) >= 11 is 13.4. The highest BCUT2D eigenvalue weighted by atomic mass is 127. The molecule has 0 aromatic heterocycles. The molecule has 4 nitrogen and oxygen atoms in total. The Labute approximate surface area is 152 Å². The van der Waals surface area contributed by atoms with Crippen molar-refractivity contribution in [2.45, 2.75) is 0 Å². The van der Waals surface area contributed by atoms with Crippen LogP contribution in [0.25, 0.3) is 0 Å². The maximum atomic E-state index is 12.2. The van der Waals surface area contributed by atoms with Crippen LogP contribution < -0.4 is 15.4 Å². The van der Waals surface area contributed by atoms with E-state index in [0.29, 0.717) is 22.0 Å². The molecule has 0 atom stereocenters. The van der Waals surface area contributed by atoms with E-state index in [9.17, 15) is 4.79 Å². The molecule has 2 rings (SSSR count). The summed E-state index contributed by atoms with van der Waals surface area (Å²) in [4.78, 5) is 12.2. The first-order valence-electron chi connectivity index (χ1n) is 6.21. The molecular weight excluding hydrogens is 435 g/mol. The summed E-state index contributed by atoms with van der Waals surface area (Å²) in [7, 11) is 1.51. The lowest BCUT2D eigenvalue weighted by atomic mass is 10.2. The molecule has 0 spiro atoms. The molecule has 114 valence electrons. The van der Waals surface area contributed by atoms with Gasteiger partial charge in [-0.1, -0.05) is 23.7 Å². The second-order valence-corrected chi connectivity index (χ2v) is 6.29. The molecule has 7 heteroatoms. The zero-order valence-corrected chi connectivity index (χ0v) is 15.3. The lowest BCUT2D eigenvalue weighted by molar-refractivity contribution is 0.0975. The molecule has 0 unspecified atom stereocenters. The number of anilines is 1. The second-order valence-electron chi connectivity index (χ2n) is 4.23. The Hall–Kier alpha value is -1.38. The Morgan fingerprint density at radius 2 is 2.00 bits per heavy atom.